The fourth-order valence-corrected chi connectivity index (χ4v) is 3.41. The number of nitrogens with zero attached hydrogens (tertiary/aromatic N) is 1. The van der Waals surface area contributed by atoms with Gasteiger partial charge in [-0.1, -0.05) is 6.07 Å². The molecule has 0 aliphatic carbocycles. The number of aliphatic carboxylic acids is 1. The van der Waals surface area contributed by atoms with Crippen LogP contribution in [0, 0.1) is 0 Å². The number of hydrogen-bond acceptors (Lipinski definition) is 4. The molecule has 0 aromatic heterocycles. The molecule has 1 unspecified atom stereocenters. The van der Waals surface area contributed by atoms with Crippen molar-refractivity contribution in [3.8, 4) is 5.75 Å². The van der Waals surface area contributed by atoms with Crippen molar-refractivity contribution in [3.05, 3.63) is 29.8 Å². The number of thioether (sulfide) groups is 1. The van der Waals surface area contributed by atoms with Gasteiger partial charge in [-0.25, -0.2) is 0 Å². The Kier molecular flexibility index (Phi) is 5.50. The zero-order valence-electron chi connectivity index (χ0n) is 11.9. The van der Waals surface area contributed by atoms with Gasteiger partial charge in [0.05, 0.1) is 19.1 Å². The first kappa shape index (κ1) is 15.7. The van der Waals surface area contributed by atoms with Crippen LogP contribution in [-0.2, 0) is 4.79 Å². The van der Waals surface area contributed by atoms with E-state index in [-0.39, 0.29) is 18.4 Å². The van der Waals surface area contributed by atoms with E-state index in [1.165, 1.54) is 0 Å². The summed E-state index contributed by atoms with van der Waals surface area (Å²) in [7, 11) is 0. The van der Waals surface area contributed by atoms with Gasteiger partial charge < -0.3 is 14.7 Å². The number of carbonyl (C=O) groups is 2. The molecule has 1 aliphatic rings. The van der Waals surface area contributed by atoms with Gasteiger partial charge in [-0.2, -0.15) is 11.8 Å². The molecule has 0 saturated carbocycles. The van der Waals surface area contributed by atoms with Gasteiger partial charge in [0.15, 0.2) is 0 Å². The van der Waals surface area contributed by atoms with Gasteiger partial charge in [-0.15, -0.1) is 0 Å². The van der Waals surface area contributed by atoms with Crippen molar-refractivity contribution in [3.63, 3.8) is 0 Å². The monoisotopic (exact) mass is 309 g/mol. The van der Waals surface area contributed by atoms with Crippen molar-refractivity contribution in [1.29, 1.82) is 0 Å². The molecule has 1 N–H and O–H groups in total. The third-order valence-electron chi connectivity index (χ3n) is 3.29. The first-order valence-electron chi connectivity index (χ1n) is 6.95. The molecule has 1 aliphatic heterocycles. The number of benzene rings is 1. The fraction of sp³-hybridized carbons (Fsp3) is 0.467. The molecule has 1 aromatic carbocycles. The maximum absolute atomic E-state index is 12.6. The minimum absolute atomic E-state index is 0.0100. The predicted octanol–water partition coefficient (Wildman–Crippen LogP) is 2.12. The van der Waals surface area contributed by atoms with E-state index in [0.29, 0.717) is 30.2 Å². The zero-order valence-corrected chi connectivity index (χ0v) is 12.8. The van der Waals surface area contributed by atoms with Crippen LogP contribution in [0.5, 0.6) is 5.75 Å². The standard InChI is InChI=1S/C15H19NO4S/c1-2-20-13-5-3-4-11(8-13)15(19)16-6-7-21-10-12(16)9-14(17)18/h3-5,8,12H,2,6-7,9-10H2,1H3,(H,17,18). The highest BCUT2D eigenvalue weighted by atomic mass is 32.2. The summed E-state index contributed by atoms with van der Waals surface area (Å²) in [6.45, 7) is 3.01. The molecule has 1 atom stereocenters. The van der Waals surface area contributed by atoms with E-state index in [1.807, 2.05) is 6.92 Å². The third-order valence-corrected chi connectivity index (χ3v) is 4.38. The largest absolute Gasteiger partial charge is 0.494 e. The Bertz CT molecular complexity index is 520. The smallest absolute Gasteiger partial charge is 0.305 e. The van der Waals surface area contributed by atoms with Crippen LogP contribution in [0.3, 0.4) is 0 Å². The van der Waals surface area contributed by atoms with Crippen LogP contribution in [0.1, 0.15) is 23.7 Å². The molecule has 1 aromatic rings. The summed E-state index contributed by atoms with van der Waals surface area (Å²) < 4.78 is 5.41. The molecule has 0 radical (unpaired) electrons. The SMILES string of the molecule is CCOc1cccc(C(=O)N2CCSCC2CC(=O)O)c1. The molecule has 1 fully saturated rings. The van der Waals surface area contributed by atoms with Crippen molar-refractivity contribution in [1.82, 2.24) is 4.90 Å². The third kappa shape index (κ3) is 4.14. The van der Waals surface area contributed by atoms with Crippen LogP contribution >= 0.6 is 11.8 Å². The van der Waals surface area contributed by atoms with Crippen LogP contribution in [0.15, 0.2) is 24.3 Å². The lowest BCUT2D eigenvalue weighted by molar-refractivity contribution is -0.138. The van der Waals surface area contributed by atoms with Gasteiger partial charge in [0.25, 0.3) is 5.91 Å². The second-order valence-electron chi connectivity index (χ2n) is 4.79. The quantitative estimate of drug-likeness (QED) is 0.902. The van der Waals surface area contributed by atoms with E-state index >= 15 is 0 Å². The summed E-state index contributed by atoms with van der Waals surface area (Å²) in [6.07, 6.45) is -0.0100. The van der Waals surface area contributed by atoms with Gasteiger partial charge >= 0.3 is 5.97 Å². The highest BCUT2D eigenvalue weighted by Gasteiger charge is 2.29. The summed E-state index contributed by atoms with van der Waals surface area (Å²) in [4.78, 5) is 25.2. The van der Waals surface area contributed by atoms with Crippen molar-refractivity contribution < 1.29 is 19.4 Å². The number of carboxylic acid groups (broad SMARTS) is 1. The number of carbonyl (C=O) groups excluding carboxylic acids is 1. The van der Waals surface area contributed by atoms with Crippen LogP contribution in [0.25, 0.3) is 0 Å². The molecule has 1 heterocycles. The van der Waals surface area contributed by atoms with Crippen LogP contribution < -0.4 is 4.74 Å². The molecule has 6 heteroatoms. The molecule has 1 saturated heterocycles. The molecule has 0 spiro atoms. The predicted molar refractivity (Wildman–Crippen MR) is 82.0 cm³/mol. The number of hydrogen-bond donors (Lipinski definition) is 1. The second-order valence-corrected chi connectivity index (χ2v) is 5.94. The first-order chi connectivity index (χ1) is 10.1. The number of rotatable bonds is 5. The van der Waals surface area contributed by atoms with E-state index in [2.05, 4.69) is 0 Å². The van der Waals surface area contributed by atoms with Crippen molar-refractivity contribution in [2.24, 2.45) is 0 Å². The van der Waals surface area contributed by atoms with Gasteiger partial charge in [0, 0.05) is 23.6 Å². The normalized spacial score (nSPS) is 18.3. The Labute approximate surface area is 128 Å². The Hall–Kier alpha value is -1.69. The van der Waals surface area contributed by atoms with Crippen LogP contribution in [0.4, 0.5) is 0 Å². The Morgan fingerprint density at radius 1 is 1.48 bits per heavy atom. The summed E-state index contributed by atoms with van der Waals surface area (Å²) in [5, 5.41) is 8.98. The summed E-state index contributed by atoms with van der Waals surface area (Å²) >= 11 is 1.69. The molecule has 5 nitrogen and oxygen atoms in total. The molecule has 0 bridgehead atoms. The maximum Gasteiger partial charge on any atom is 0.305 e. The molecule has 114 valence electrons. The van der Waals surface area contributed by atoms with Gasteiger partial charge in [-0.05, 0) is 25.1 Å². The van der Waals surface area contributed by atoms with Gasteiger partial charge in [0.2, 0.25) is 0 Å². The highest BCUT2D eigenvalue weighted by molar-refractivity contribution is 7.99. The van der Waals surface area contributed by atoms with E-state index in [4.69, 9.17) is 9.84 Å². The molecule has 21 heavy (non-hydrogen) atoms. The second kappa shape index (κ2) is 7.36. The molecular weight excluding hydrogens is 290 g/mol. The van der Waals surface area contributed by atoms with E-state index in [1.54, 1.807) is 40.9 Å². The van der Waals surface area contributed by atoms with Crippen molar-refractivity contribution in [2.75, 3.05) is 24.7 Å². The topological polar surface area (TPSA) is 66.8 Å². The Morgan fingerprint density at radius 3 is 3.00 bits per heavy atom. The van der Waals surface area contributed by atoms with Crippen molar-refractivity contribution in [2.45, 2.75) is 19.4 Å². The lowest BCUT2D eigenvalue weighted by Gasteiger charge is -2.34. The minimum atomic E-state index is -0.872. The zero-order chi connectivity index (χ0) is 15.2. The van der Waals surface area contributed by atoms with Crippen LogP contribution in [-0.4, -0.2) is 52.6 Å². The molecule has 1 amide bonds. The van der Waals surface area contributed by atoms with E-state index in [9.17, 15) is 9.59 Å². The fourth-order valence-electron chi connectivity index (χ4n) is 2.34. The highest BCUT2D eigenvalue weighted by Crippen LogP contribution is 2.23. The minimum Gasteiger partial charge on any atom is -0.494 e. The first-order valence-corrected chi connectivity index (χ1v) is 8.10. The van der Waals surface area contributed by atoms with Crippen molar-refractivity contribution >= 4 is 23.6 Å². The van der Waals surface area contributed by atoms with Gasteiger partial charge in [0.1, 0.15) is 5.75 Å². The Balaban J connectivity index is 2.16. The molecule has 2 rings (SSSR count). The lowest BCUT2D eigenvalue weighted by atomic mass is 10.1. The number of amides is 1. The van der Waals surface area contributed by atoms with Gasteiger partial charge in [-0.3, -0.25) is 9.59 Å². The summed E-state index contributed by atoms with van der Waals surface area (Å²) in [5.41, 5.74) is 0.545. The van der Waals surface area contributed by atoms with E-state index in [0.717, 1.165) is 5.75 Å². The average molecular weight is 309 g/mol. The van der Waals surface area contributed by atoms with E-state index < -0.39 is 5.97 Å². The number of carboxylic acids is 1. The number of ether oxygens (including phenoxy) is 1. The average Bonchev–Trinajstić information content (AvgIpc) is 2.47. The molecular formula is C15H19NO4S. The maximum atomic E-state index is 12.6. The lowest BCUT2D eigenvalue weighted by Crippen LogP contribution is -2.47. The van der Waals surface area contributed by atoms with Crippen LogP contribution in [0.2, 0.25) is 0 Å². The Morgan fingerprint density at radius 2 is 2.29 bits per heavy atom. The summed E-state index contributed by atoms with van der Waals surface area (Å²) in [5.74, 6) is 1.17. The summed E-state index contributed by atoms with van der Waals surface area (Å²) in [6, 6.07) is 6.80.